The Labute approximate surface area is 242 Å². The molecule has 2 saturated heterocycles. The lowest BCUT2D eigenvalue weighted by atomic mass is 9.77. The number of aliphatic hydroxyl groups is 1. The van der Waals surface area contributed by atoms with Crippen molar-refractivity contribution in [3.05, 3.63) is 59.1 Å². The summed E-state index contributed by atoms with van der Waals surface area (Å²) in [5, 5.41) is 14.9. The van der Waals surface area contributed by atoms with E-state index in [9.17, 15) is 14.7 Å². The summed E-state index contributed by atoms with van der Waals surface area (Å²) in [6, 6.07) is 14.7. The average molecular weight is 568 g/mol. The number of rotatable bonds is 9. The van der Waals surface area contributed by atoms with E-state index in [4.69, 9.17) is 16.3 Å². The molecule has 0 bridgehead atoms. The van der Waals surface area contributed by atoms with E-state index in [1.165, 1.54) is 5.56 Å². The van der Waals surface area contributed by atoms with E-state index in [1.807, 2.05) is 29.2 Å². The van der Waals surface area contributed by atoms with Crippen molar-refractivity contribution in [1.82, 2.24) is 15.1 Å². The number of piperazine rings is 1. The average Bonchev–Trinajstić information content (AvgIpc) is 2.95. The highest BCUT2D eigenvalue weighted by Gasteiger charge is 2.54. The maximum Gasteiger partial charge on any atom is 0.246 e. The number of ether oxygens (including phenoxy) is 1. The number of amides is 2. The van der Waals surface area contributed by atoms with Crippen LogP contribution in [0.1, 0.15) is 76.7 Å². The minimum atomic E-state index is -0.856. The second kappa shape index (κ2) is 12.5. The summed E-state index contributed by atoms with van der Waals surface area (Å²) in [5.41, 5.74) is -0.483. The molecule has 5 rings (SSSR count). The van der Waals surface area contributed by atoms with Gasteiger partial charge in [-0.1, -0.05) is 56.3 Å². The first-order chi connectivity index (χ1) is 19.3. The number of piperidine rings is 1. The van der Waals surface area contributed by atoms with E-state index in [0.717, 1.165) is 63.2 Å². The van der Waals surface area contributed by atoms with Crippen molar-refractivity contribution < 1.29 is 19.4 Å². The molecule has 2 aromatic carbocycles. The zero-order valence-corrected chi connectivity index (χ0v) is 24.3. The van der Waals surface area contributed by atoms with Crippen LogP contribution in [0.15, 0.2) is 48.5 Å². The molecule has 0 unspecified atom stereocenters. The lowest BCUT2D eigenvalue weighted by Crippen LogP contribution is -2.73. The molecule has 2 heterocycles. The second-order valence-electron chi connectivity index (χ2n) is 11.9. The summed E-state index contributed by atoms with van der Waals surface area (Å²) in [6.07, 6.45) is 7.85. The van der Waals surface area contributed by atoms with Gasteiger partial charge in [-0.05, 0) is 74.1 Å². The summed E-state index contributed by atoms with van der Waals surface area (Å²) in [4.78, 5) is 31.7. The van der Waals surface area contributed by atoms with E-state index >= 15 is 0 Å². The van der Waals surface area contributed by atoms with Crippen molar-refractivity contribution in [3.63, 3.8) is 0 Å². The molecule has 0 aromatic heterocycles. The number of hydrogen-bond donors (Lipinski definition) is 2. The van der Waals surface area contributed by atoms with Crippen molar-refractivity contribution >= 4 is 23.4 Å². The maximum absolute atomic E-state index is 13.8. The second-order valence-corrected chi connectivity index (χ2v) is 12.3. The third-order valence-corrected chi connectivity index (χ3v) is 9.23. The van der Waals surface area contributed by atoms with Gasteiger partial charge in [-0.25, -0.2) is 0 Å². The van der Waals surface area contributed by atoms with Gasteiger partial charge in [0, 0.05) is 37.6 Å². The molecule has 2 aromatic rings. The van der Waals surface area contributed by atoms with E-state index in [-0.39, 0.29) is 11.8 Å². The van der Waals surface area contributed by atoms with Gasteiger partial charge in [-0.2, -0.15) is 0 Å². The number of hydrogen-bond acceptors (Lipinski definition) is 5. The predicted molar refractivity (Wildman–Crippen MR) is 156 cm³/mol. The van der Waals surface area contributed by atoms with E-state index in [0.29, 0.717) is 43.7 Å². The monoisotopic (exact) mass is 567 g/mol. The van der Waals surface area contributed by atoms with Crippen LogP contribution in [0.3, 0.4) is 0 Å². The molecule has 1 spiro atoms. The Balaban J connectivity index is 1.21. The van der Waals surface area contributed by atoms with E-state index in [2.05, 4.69) is 29.3 Å². The van der Waals surface area contributed by atoms with Gasteiger partial charge in [0.1, 0.15) is 23.1 Å². The Morgan fingerprint density at radius 1 is 0.950 bits per heavy atom. The van der Waals surface area contributed by atoms with Crippen molar-refractivity contribution in [2.75, 3.05) is 19.6 Å². The molecule has 3 fully saturated rings. The van der Waals surface area contributed by atoms with Crippen LogP contribution in [0.2, 0.25) is 5.02 Å². The van der Waals surface area contributed by atoms with Crippen molar-refractivity contribution in [2.24, 2.45) is 0 Å². The van der Waals surface area contributed by atoms with Crippen LogP contribution in [0.5, 0.6) is 11.5 Å². The highest BCUT2D eigenvalue weighted by Crippen LogP contribution is 2.37. The lowest BCUT2D eigenvalue weighted by Gasteiger charge is -2.52. The molecule has 1 aliphatic carbocycles. The van der Waals surface area contributed by atoms with Gasteiger partial charge >= 0.3 is 0 Å². The molecule has 1 atom stereocenters. The molecule has 3 aliphatic rings. The number of carbonyl (C=O) groups excluding carboxylic acids is 2. The smallest absolute Gasteiger partial charge is 0.246 e. The number of nitrogens with zero attached hydrogens (tertiary/aromatic N) is 2. The number of likely N-dealkylation sites (tertiary alicyclic amines) is 1. The summed E-state index contributed by atoms with van der Waals surface area (Å²) in [5.74, 6) is 1.44. The molecule has 1 saturated carbocycles. The lowest BCUT2D eigenvalue weighted by molar-refractivity contribution is -0.163. The normalized spacial score (nSPS) is 22.8. The molecular formula is C32H42ClN3O4. The Morgan fingerprint density at radius 2 is 1.57 bits per heavy atom. The van der Waals surface area contributed by atoms with Crippen LogP contribution in [-0.2, 0) is 16.1 Å². The molecule has 2 N–H and O–H groups in total. The standard InChI is InChI=1S/C32H42ClN3O4/c1-2-3-19-36-29(37)28(22-31(39)15-5-4-6-16-31)34-30(38)32(36)17-20-35(21-18-32)23-24-7-11-26(12-8-24)40-27-13-9-25(33)10-14-27/h7-14,28,39H,2-6,15-23H2,1H3,(H,34,38)/t28-/m1/s1. The molecule has 216 valence electrons. The quantitative estimate of drug-likeness (QED) is 0.407. The Morgan fingerprint density at radius 3 is 2.20 bits per heavy atom. The first kappa shape index (κ1) is 28.9. The first-order valence-corrected chi connectivity index (χ1v) is 15.3. The molecule has 2 amide bonds. The molecule has 40 heavy (non-hydrogen) atoms. The third-order valence-electron chi connectivity index (χ3n) is 8.97. The van der Waals surface area contributed by atoms with Crippen LogP contribution in [-0.4, -0.2) is 63.5 Å². The van der Waals surface area contributed by atoms with Gasteiger partial charge in [0.15, 0.2) is 0 Å². The summed E-state index contributed by atoms with van der Waals surface area (Å²) in [7, 11) is 0. The molecule has 2 aliphatic heterocycles. The Hall–Kier alpha value is -2.61. The molecule has 0 radical (unpaired) electrons. The highest BCUT2D eigenvalue weighted by molar-refractivity contribution is 6.30. The fourth-order valence-electron chi connectivity index (χ4n) is 6.59. The number of nitrogens with one attached hydrogen (secondary N) is 1. The van der Waals surface area contributed by atoms with E-state index in [1.54, 1.807) is 12.1 Å². The Bertz CT molecular complexity index is 1160. The van der Waals surface area contributed by atoms with Gasteiger partial charge in [-0.3, -0.25) is 14.5 Å². The number of halogens is 1. The summed E-state index contributed by atoms with van der Waals surface area (Å²) >= 11 is 5.96. The predicted octanol–water partition coefficient (Wildman–Crippen LogP) is 5.68. The fourth-order valence-corrected chi connectivity index (χ4v) is 6.71. The summed E-state index contributed by atoms with van der Waals surface area (Å²) < 4.78 is 5.91. The topological polar surface area (TPSA) is 82.1 Å². The van der Waals surface area contributed by atoms with Crippen molar-refractivity contribution in [2.45, 2.75) is 94.9 Å². The van der Waals surface area contributed by atoms with Crippen LogP contribution >= 0.6 is 11.6 Å². The minimum Gasteiger partial charge on any atom is -0.457 e. The van der Waals surface area contributed by atoms with Crippen LogP contribution < -0.4 is 10.1 Å². The molecular weight excluding hydrogens is 526 g/mol. The van der Waals surface area contributed by atoms with Crippen LogP contribution in [0.4, 0.5) is 0 Å². The van der Waals surface area contributed by atoms with Crippen molar-refractivity contribution in [3.8, 4) is 11.5 Å². The zero-order valence-electron chi connectivity index (χ0n) is 23.5. The molecule has 8 heteroatoms. The largest absolute Gasteiger partial charge is 0.457 e. The first-order valence-electron chi connectivity index (χ1n) is 14.9. The maximum atomic E-state index is 13.8. The highest BCUT2D eigenvalue weighted by atomic mass is 35.5. The van der Waals surface area contributed by atoms with Crippen LogP contribution in [0.25, 0.3) is 0 Å². The zero-order chi connectivity index (χ0) is 28.2. The van der Waals surface area contributed by atoms with Gasteiger partial charge in [-0.15, -0.1) is 0 Å². The Kier molecular flexibility index (Phi) is 9.03. The van der Waals surface area contributed by atoms with Gasteiger partial charge in [0.2, 0.25) is 11.8 Å². The van der Waals surface area contributed by atoms with Crippen molar-refractivity contribution in [1.29, 1.82) is 0 Å². The number of unbranched alkanes of at least 4 members (excludes halogenated alkanes) is 1. The number of benzene rings is 2. The third kappa shape index (κ3) is 6.48. The van der Waals surface area contributed by atoms with Gasteiger partial charge < -0.3 is 20.1 Å². The van der Waals surface area contributed by atoms with Crippen LogP contribution in [0, 0.1) is 0 Å². The van der Waals surface area contributed by atoms with Gasteiger partial charge in [0.25, 0.3) is 0 Å². The number of carbonyl (C=O) groups is 2. The fraction of sp³-hybridized carbons (Fsp3) is 0.562. The van der Waals surface area contributed by atoms with Gasteiger partial charge in [0.05, 0.1) is 5.60 Å². The van der Waals surface area contributed by atoms with E-state index < -0.39 is 17.2 Å². The minimum absolute atomic E-state index is 0.0169. The SMILES string of the molecule is CCCCN1C(=O)[C@@H](CC2(O)CCCCC2)NC(=O)C12CCN(Cc1ccc(Oc3ccc(Cl)cc3)cc1)CC2. The molecule has 7 nitrogen and oxygen atoms in total. The summed E-state index contributed by atoms with van der Waals surface area (Å²) in [6.45, 7) is 4.95.